The van der Waals surface area contributed by atoms with Gasteiger partial charge in [-0.1, -0.05) is 0 Å². The largest absolute Gasteiger partial charge is 1.00 e. The molecule has 3 aromatic rings. The molecule has 42 heavy (non-hydrogen) atoms. The molecular weight excluding hydrogens is 627 g/mol. The third-order valence-corrected chi connectivity index (χ3v) is 14.9. The van der Waals surface area contributed by atoms with E-state index in [1.54, 1.807) is 20.8 Å². The van der Waals surface area contributed by atoms with Crippen molar-refractivity contribution >= 4 is 23.6 Å². The van der Waals surface area contributed by atoms with E-state index in [1.807, 2.05) is 0 Å². The molecule has 0 saturated heterocycles. The first-order chi connectivity index (χ1) is 18.7. The fraction of sp³-hybridized carbons (Fsp3) is 0.405. The van der Waals surface area contributed by atoms with E-state index in [2.05, 4.69) is 136 Å². The van der Waals surface area contributed by atoms with Gasteiger partial charge in [0, 0.05) is 0 Å². The van der Waals surface area contributed by atoms with E-state index >= 15 is 0 Å². The molecule has 0 heterocycles. The quantitative estimate of drug-likeness (QED) is 0.181. The van der Waals surface area contributed by atoms with Crippen LogP contribution in [-0.2, 0) is 59.0 Å². The van der Waals surface area contributed by atoms with Crippen molar-refractivity contribution in [1.29, 1.82) is 0 Å². The molecule has 0 radical (unpaired) electrons. The topological polar surface area (TPSA) is 0 Å². The summed E-state index contributed by atoms with van der Waals surface area (Å²) in [6, 6.07) is 22.9. The minimum absolute atomic E-state index is 0. The first kappa shape index (κ1) is 39.0. The van der Waals surface area contributed by atoms with Crippen LogP contribution in [0, 0.1) is 5.92 Å². The van der Waals surface area contributed by atoms with Crippen LogP contribution in [0.3, 0.4) is 0 Å². The van der Waals surface area contributed by atoms with Gasteiger partial charge < -0.3 is 37.2 Å². The van der Waals surface area contributed by atoms with E-state index in [-0.39, 0.29) is 37.2 Å². The van der Waals surface area contributed by atoms with Gasteiger partial charge in [-0.15, -0.1) is 0 Å². The van der Waals surface area contributed by atoms with Gasteiger partial charge in [0.1, 0.15) is 0 Å². The van der Waals surface area contributed by atoms with E-state index in [9.17, 15) is 0 Å². The number of aryl methyl sites for hydroxylation is 6. The number of allylic oxidation sites excluding steroid dienone is 4. The molecule has 1 atom stereocenters. The van der Waals surface area contributed by atoms with Crippen LogP contribution in [0.1, 0.15) is 88.8 Å². The van der Waals surface area contributed by atoms with Crippen molar-refractivity contribution in [3.63, 3.8) is 0 Å². The molecule has 0 saturated carbocycles. The Morgan fingerprint density at radius 3 is 0.976 bits per heavy atom. The Hall–Kier alpha value is -1.06. The van der Waals surface area contributed by atoms with E-state index < -0.39 is 8.07 Å². The Labute approximate surface area is 287 Å². The summed E-state index contributed by atoms with van der Waals surface area (Å²) >= 11 is 2.33. The molecular formula is C37H47Cl3SiTi. The smallest absolute Gasteiger partial charge is 1.00 e. The average Bonchev–Trinajstić information content (AvgIpc) is 3.23. The first-order valence-corrected chi connectivity index (χ1v) is 18.1. The standard InChI is InChI=1S/C37H47Si.3ClH.Ti/c1-9-28-17-29(10-2)21-34(20-28)38(37-26(7)15-16-27(37)8,35-22-30(11-3)18-31(12-4)23-35)36-24-32(13-5)19-33(14-6)25-36;;;;/h15,17-26H,9-14H2,1-8H3;3*1H;/q;;;;+3/p-3. The second-order valence-electron chi connectivity index (χ2n) is 11.4. The van der Waals surface area contributed by atoms with Crippen molar-refractivity contribution in [3.8, 4) is 0 Å². The van der Waals surface area contributed by atoms with Gasteiger partial charge in [-0.3, -0.25) is 0 Å². The van der Waals surface area contributed by atoms with Crippen LogP contribution >= 0.6 is 0 Å². The summed E-state index contributed by atoms with van der Waals surface area (Å²) in [7, 11) is -2.62. The van der Waals surface area contributed by atoms with Gasteiger partial charge in [-0.05, 0) is 0 Å². The van der Waals surface area contributed by atoms with Gasteiger partial charge in [0.05, 0.1) is 0 Å². The average molecular weight is 674 g/mol. The van der Waals surface area contributed by atoms with Gasteiger partial charge in [0.25, 0.3) is 0 Å². The molecule has 1 aliphatic rings. The van der Waals surface area contributed by atoms with E-state index in [4.69, 9.17) is 0 Å². The van der Waals surface area contributed by atoms with Crippen molar-refractivity contribution in [1.82, 2.24) is 0 Å². The van der Waals surface area contributed by atoms with Gasteiger partial charge in [0.2, 0.25) is 0 Å². The predicted octanol–water partition coefficient (Wildman–Crippen LogP) is -1.52. The molecule has 0 bridgehead atoms. The van der Waals surface area contributed by atoms with Crippen LogP contribution in [0.5, 0.6) is 0 Å². The number of hydrogen-bond donors (Lipinski definition) is 0. The molecule has 5 heteroatoms. The molecule has 0 fully saturated rings. The summed E-state index contributed by atoms with van der Waals surface area (Å²) in [5, 5.41) is 6.43. The summed E-state index contributed by atoms with van der Waals surface area (Å²) in [5.74, 6) is 0.428. The Balaban J connectivity index is 0.00000294. The molecule has 224 valence electrons. The van der Waals surface area contributed by atoms with Crippen molar-refractivity contribution < 1.29 is 57.7 Å². The van der Waals surface area contributed by atoms with Crippen molar-refractivity contribution in [2.24, 2.45) is 5.92 Å². The first-order valence-electron chi connectivity index (χ1n) is 15.3. The fourth-order valence-electron chi connectivity index (χ4n) is 6.70. The molecule has 4 rings (SSSR count). The molecule has 0 N–H and O–H groups in total. The van der Waals surface area contributed by atoms with Crippen LogP contribution < -0.4 is 52.8 Å². The molecule has 1 unspecified atom stereocenters. The van der Waals surface area contributed by atoms with E-state index in [0.717, 1.165) is 38.5 Å². The van der Waals surface area contributed by atoms with Crippen LogP contribution in [0.4, 0.5) is 0 Å². The number of hydrogen-bond acceptors (Lipinski definition) is 0. The SMILES string of the molecule is CCc1cc(CC)cc([Si](C2=C(C)[C]([Ti+3])=CC2C)(c2cc(CC)cc(CC)c2)c2cc(CC)cc(CC)c2)c1.[Cl-].[Cl-].[Cl-]. The summed E-state index contributed by atoms with van der Waals surface area (Å²) in [6.45, 7) is 18.8. The molecule has 1 aliphatic carbocycles. The zero-order valence-electron chi connectivity index (χ0n) is 26.7. The zero-order chi connectivity index (χ0) is 28.3. The Kier molecular flexibility index (Phi) is 15.6. The zero-order valence-corrected chi connectivity index (χ0v) is 31.6. The Morgan fingerprint density at radius 1 is 0.524 bits per heavy atom. The van der Waals surface area contributed by atoms with Gasteiger partial charge in [-0.2, -0.15) is 0 Å². The molecule has 0 aromatic heterocycles. The summed E-state index contributed by atoms with van der Waals surface area (Å²) in [5.41, 5.74) is 10.4. The number of rotatable bonds is 10. The second kappa shape index (κ2) is 16.9. The van der Waals surface area contributed by atoms with E-state index in [0.29, 0.717) is 5.92 Å². The molecule has 0 amide bonds. The molecule has 3 aromatic carbocycles. The van der Waals surface area contributed by atoms with Gasteiger partial charge in [-0.25, -0.2) is 0 Å². The number of halogens is 3. The molecule has 0 aliphatic heterocycles. The minimum atomic E-state index is -2.62. The molecule has 0 spiro atoms. The number of benzene rings is 3. The Bertz CT molecular complexity index is 1220. The van der Waals surface area contributed by atoms with Crippen molar-refractivity contribution in [2.75, 3.05) is 0 Å². The maximum absolute atomic E-state index is 2.62. The summed E-state index contributed by atoms with van der Waals surface area (Å²) < 4.78 is 1.46. The van der Waals surface area contributed by atoms with Crippen molar-refractivity contribution in [3.05, 3.63) is 109 Å². The van der Waals surface area contributed by atoms with Crippen LogP contribution in [0.25, 0.3) is 0 Å². The van der Waals surface area contributed by atoms with Crippen LogP contribution in [0.2, 0.25) is 0 Å². The third-order valence-electron chi connectivity index (χ3n) is 8.99. The molecule has 0 nitrogen and oxygen atoms in total. The monoisotopic (exact) mass is 672 g/mol. The van der Waals surface area contributed by atoms with Crippen molar-refractivity contribution in [2.45, 2.75) is 93.9 Å². The normalized spacial score (nSPS) is 14.6. The summed E-state index contributed by atoms with van der Waals surface area (Å²) in [6.07, 6.45) is 8.95. The summed E-state index contributed by atoms with van der Waals surface area (Å²) in [4.78, 5) is 0. The van der Waals surface area contributed by atoms with Gasteiger partial charge in [0.15, 0.2) is 0 Å². The Morgan fingerprint density at radius 2 is 0.786 bits per heavy atom. The van der Waals surface area contributed by atoms with Crippen LogP contribution in [0.15, 0.2) is 75.3 Å². The minimum Gasteiger partial charge on any atom is -1.00 e. The predicted molar refractivity (Wildman–Crippen MR) is 170 cm³/mol. The maximum Gasteiger partial charge on any atom is -1.00 e. The third kappa shape index (κ3) is 7.42. The van der Waals surface area contributed by atoms with Gasteiger partial charge >= 0.3 is 253 Å². The maximum atomic E-state index is 2.60. The fourth-order valence-corrected chi connectivity index (χ4v) is 13.3. The van der Waals surface area contributed by atoms with E-state index in [1.165, 1.54) is 42.8 Å². The van der Waals surface area contributed by atoms with Crippen LogP contribution in [-0.4, -0.2) is 8.07 Å². The second-order valence-corrected chi connectivity index (χ2v) is 16.0.